The quantitative estimate of drug-likeness (QED) is 0.638. The maximum atomic E-state index is 13.0. The van der Waals surface area contributed by atoms with Crippen molar-refractivity contribution in [1.82, 2.24) is 10.2 Å². The lowest BCUT2D eigenvalue weighted by molar-refractivity contribution is -0.133. The number of alkyl carbamates (subject to hydrolysis) is 1. The number of hydrogen-bond donors (Lipinski definition) is 1. The second kappa shape index (κ2) is 11.4. The molecular weight excluding hydrogens is 392 g/mol. The van der Waals surface area contributed by atoms with E-state index in [0.29, 0.717) is 26.1 Å². The van der Waals surface area contributed by atoms with Gasteiger partial charge in [-0.3, -0.25) is 4.79 Å². The zero-order chi connectivity index (χ0) is 22.9. The van der Waals surface area contributed by atoms with E-state index in [1.54, 1.807) is 25.7 Å². The SMILES string of the molecule is CCN(CC)C(=O)[C@H](Cc1ccc(OCc2ccccc2)cc1)NC(=O)OC(C)(C)C. The van der Waals surface area contributed by atoms with Crippen LogP contribution in [0.5, 0.6) is 5.75 Å². The monoisotopic (exact) mass is 426 g/mol. The molecule has 0 aliphatic carbocycles. The summed E-state index contributed by atoms with van der Waals surface area (Å²) in [5.41, 5.74) is 1.39. The van der Waals surface area contributed by atoms with Gasteiger partial charge in [0.25, 0.3) is 0 Å². The molecule has 0 aliphatic heterocycles. The molecule has 0 radical (unpaired) electrons. The van der Waals surface area contributed by atoms with Gasteiger partial charge in [0.15, 0.2) is 0 Å². The van der Waals surface area contributed by atoms with E-state index in [2.05, 4.69) is 5.32 Å². The Morgan fingerprint density at radius 2 is 1.55 bits per heavy atom. The smallest absolute Gasteiger partial charge is 0.408 e. The average Bonchev–Trinajstić information content (AvgIpc) is 2.73. The van der Waals surface area contributed by atoms with Crippen LogP contribution in [0.25, 0.3) is 0 Å². The van der Waals surface area contributed by atoms with Crippen molar-refractivity contribution in [3.63, 3.8) is 0 Å². The maximum Gasteiger partial charge on any atom is 0.408 e. The van der Waals surface area contributed by atoms with E-state index >= 15 is 0 Å². The number of carbonyl (C=O) groups is 2. The van der Waals surface area contributed by atoms with E-state index in [1.807, 2.05) is 68.4 Å². The fourth-order valence-electron chi connectivity index (χ4n) is 3.10. The van der Waals surface area contributed by atoms with E-state index in [1.165, 1.54) is 0 Å². The van der Waals surface area contributed by atoms with Gasteiger partial charge in [0.1, 0.15) is 24.0 Å². The lowest BCUT2D eigenvalue weighted by atomic mass is 10.0. The molecule has 0 unspecified atom stereocenters. The normalized spacial score (nSPS) is 12.0. The van der Waals surface area contributed by atoms with E-state index in [-0.39, 0.29) is 5.91 Å². The number of nitrogens with zero attached hydrogens (tertiary/aromatic N) is 1. The van der Waals surface area contributed by atoms with Gasteiger partial charge in [-0.05, 0) is 57.9 Å². The number of nitrogens with one attached hydrogen (secondary N) is 1. The highest BCUT2D eigenvalue weighted by Crippen LogP contribution is 2.16. The number of hydrogen-bond acceptors (Lipinski definition) is 4. The maximum absolute atomic E-state index is 13.0. The summed E-state index contributed by atoms with van der Waals surface area (Å²) in [6, 6.07) is 16.8. The summed E-state index contributed by atoms with van der Waals surface area (Å²) in [5, 5.41) is 2.75. The van der Waals surface area contributed by atoms with Crippen LogP contribution in [0, 0.1) is 0 Å². The number of likely N-dealkylation sites (N-methyl/N-ethyl adjacent to an activating group) is 1. The molecule has 0 aromatic heterocycles. The fraction of sp³-hybridized carbons (Fsp3) is 0.440. The minimum absolute atomic E-state index is 0.125. The van der Waals surface area contributed by atoms with Gasteiger partial charge in [0.2, 0.25) is 5.91 Å². The van der Waals surface area contributed by atoms with Crippen LogP contribution in [-0.2, 0) is 22.6 Å². The predicted octanol–water partition coefficient (Wildman–Crippen LogP) is 4.57. The molecule has 31 heavy (non-hydrogen) atoms. The van der Waals surface area contributed by atoms with Crippen LogP contribution in [0.2, 0.25) is 0 Å². The number of amides is 2. The summed E-state index contributed by atoms with van der Waals surface area (Å²) in [6.45, 7) is 10.9. The molecule has 0 saturated carbocycles. The van der Waals surface area contributed by atoms with Crippen LogP contribution in [-0.4, -0.2) is 41.6 Å². The molecule has 0 heterocycles. The van der Waals surface area contributed by atoms with Gasteiger partial charge < -0.3 is 19.7 Å². The Morgan fingerprint density at radius 1 is 0.935 bits per heavy atom. The number of carbonyl (C=O) groups excluding carboxylic acids is 2. The Labute approximate surface area is 185 Å². The summed E-state index contributed by atoms with van der Waals surface area (Å²) < 4.78 is 11.2. The van der Waals surface area contributed by atoms with Crippen molar-refractivity contribution in [2.75, 3.05) is 13.1 Å². The molecule has 1 N–H and O–H groups in total. The minimum Gasteiger partial charge on any atom is -0.489 e. The Morgan fingerprint density at radius 3 is 2.10 bits per heavy atom. The standard InChI is InChI=1S/C25H34N2O4/c1-6-27(7-2)23(28)22(26-24(29)31-25(3,4)5)17-19-13-15-21(16-14-19)30-18-20-11-9-8-10-12-20/h8-16,22H,6-7,17-18H2,1-5H3,(H,26,29)/t22-/m0/s1. The zero-order valence-electron chi connectivity index (χ0n) is 19.2. The van der Waals surface area contributed by atoms with E-state index in [9.17, 15) is 9.59 Å². The summed E-state index contributed by atoms with van der Waals surface area (Å²) >= 11 is 0. The first kappa shape index (κ1) is 24.3. The molecule has 2 rings (SSSR count). The number of rotatable bonds is 9. The van der Waals surface area contributed by atoms with Gasteiger partial charge in [-0.25, -0.2) is 4.79 Å². The molecule has 0 aliphatic rings. The minimum atomic E-state index is -0.703. The van der Waals surface area contributed by atoms with Crippen molar-refractivity contribution < 1.29 is 19.1 Å². The van der Waals surface area contributed by atoms with E-state index in [0.717, 1.165) is 16.9 Å². The first-order valence-electron chi connectivity index (χ1n) is 10.8. The largest absolute Gasteiger partial charge is 0.489 e. The van der Waals surface area contributed by atoms with Gasteiger partial charge in [-0.2, -0.15) is 0 Å². The summed E-state index contributed by atoms with van der Waals surface area (Å²) in [5.74, 6) is 0.625. The van der Waals surface area contributed by atoms with Crippen molar-refractivity contribution in [3.8, 4) is 5.75 Å². The molecule has 6 nitrogen and oxygen atoms in total. The molecule has 168 valence electrons. The van der Waals surface area contributed by atoms with Crippen LogP contribution in [0.4, 0.5) is 4.79 Å². The molecule has 2 aromatic rings. The summed E-state index contributed by atoms with van der Waals surface area (Å²) in [4.78, 5) is 27.0. The lowest BCUT2D eigenvalue weighted by Crippen LogP contribution is -2.50. The molecule has 0 spiro atoms. The van der Waals surface area contributed by atoms with Crippen LogP contribution in [0.3, 0.4) is 0 Å². The summed E-state index contributed by atoms with van der Waals surface area (Å²) in [7, 11) is 0. The zero-order valence-corrected chi connectivity index (χ0v) is 19.2. The van der Waals surface area contributed by atoms with Gasteiger partial charge >= 0.3 is 6.09 Å². The molecule has 6 heteroatoms. The van der Waals surface area contributed by atoms with Crippen molar-refractivity contribution in [2.45, 2.75) is 59.3 Å². The van der Waals surface area contributed by atoms with Gasteiger partial charge in [-0.1, -0.05) is 42.5 Å². The Hall–Kier alpha value is -3.02. The Balaban J connectivity index is 2.06. The molecular formula is C25H34N2O4. The molecule has 2 amide bonds. The first-order valence-corrected chi connectivity index (χ1v) is 10.8. The topological polar surface area (TPSA) is 67.9 Å². The summed E-state index contributed by atoms with van der Waals surface area (Å²) in [6.07, 6.45) is -0.228. The van der Waals surface area contributed by atoms with Crippen LogP contribution in [0.1, 0.15) is 45.7 Å². The van der Waals surface area contributed by atoms with Crippen molar-refractivity contribution in [3.05, 3.63) is 65.7 Å². The van der Waals surface area contributed by atoms with Gasteiger partial charge in [0.05, 0.1) is 0 Å². The van der Waals surface area contributed by atoms with E-state index < -0.39 is 17.7 Å². The Bertz CT molecular complexity index is 825. The molecule has 0 fully saturated rings. The van der Waals surface area contributed by atoms with Crippen LogP contribution < -0.4 is 10.1 Å². The average molecular weight is 427 g/mol. The third kappa shape index (κ3) is 8.32. The predicted molar refractivity (Wildman–Crippen MR) is 122 cm³/mol. The van der Waals surface area contributed by atoms with Crippen LogP contribution >= 0.6 is 0 Å². The lowest BCUT2D eigenvalue weighted by Gasteiger charge is -2.27. The first-order chi connectivity index (χ1) is 14.7. The fourth-order valence-corrected chi connectivity index (χ4v) is 3.10. The molecule has 2 aromatic carbocycles. The van der Waals surface area contributed by atoms with E-state index in [4.69, 9.17) is 9.47 Å². The van der Waals surface area contributed by atoms with Gasteiger partial charge in [-0.15, -0.1) is 0 Å². The highest BCUT2D eigenvalue weighted by molar-refractivity contribution is 5.86. The molecule has 0 saturated heterocycles. The second-order valence-electron chi connectivity index (χ2n) is 8.33. The molecule has 0 bridgehead atoms. The van der Waals surface area contributed by atoms with Crippen molar-refractivity contribution in [1.29, 1.82) is 0 Å². The van der Waals surface area contributed by atoms with Gasteiger partial charge in [0, 0.05) is 19.5 Å². The van der Waals surface area contributed by atoms with Crippen LogP contribution in [0.15, 0.2) is 54.6 Å². The second-order valence-corrected chi connectivity index (χ2v) is 8.33. The highest BCUT2D eigenvalue weighted by atomic mass is 16.6. The third-order valence-electron chi connectivity index (χ3n) is 4.68. The highest BCUT2D eigenvalue weighted by Gasteiger charge is 2.27. The Kier molecular flexibility index (Phi) is 8.91. The van der Waals surface area contributed by atoms with Crippen molar-refractivity contribution >= 4 is 12.0 Å². The number of benzene rings is 2. The van der Waals surface area contributed by atoms with Crippen molar-refractivity contribution in [2.24, 2.45) is 0 Å². The number of ether oxygens (including phenoxy) is 2. The molecule has 1 atom stereocenters. The third-order valence-corrected chi connectivity index (χ3v) is 4.68.